The van der Waals surface area contributed by atoms with Crippen LogP contribution < -0.4 is 14.8 Å². The van der Waals surface area contributed by atoms with Crippen molar-refractivity contribution in [1.29, 1.82) is 0 Å². The van der Waals surface area contributed by atoms with Crippen molar-refractivity contribution >= 4 is 5.91 Å². The summed E-state index contributed by atoms with van der Waals surface area (Å²) in [6, 6.07) is 6.03. The van der Waals surface area contributed by atoms with Crippen LogP contribution in [0.25, 0.3) is 0 Å². The van der Waals surface area contributed by atoms with Crippen LogP contribution in [0.4, 0.5) is 0 Å². The molecule has 0 aliphatic carbocycles. The lowest BCUT2D eigenvalue weighted by atomic mass is 10.1. The van der Waals surface area contributed by atoms with Crippen LogP contribution in [0, 0.1) is 5.92 Å². The number of ether oxygens (including phenoxy) is 2. The van der Waals surface area contributed by atoms with Gasteiger partial charge in [0.2, 0.25) is 5.91 Å². The third kappa shape index (κ3) is 6.10. The number of likely N-dealkylation sites (N-methyl/N-ethyl adjacent to an activating group) is 1. The summed E-state index contributed by atoms with van der Waals surface area (Å²) in [6.07, 6.45) is 0. The van der Waals surface area contributed by atoms with Crippen LogP contribution in [0.2, 0.25) is 0 Å². The summed E-state index contributed by atoms with van der Waals surface area (Å²) in [5.41, 5.74) is 1.09. The summed E-state index contributed by atoms with van der Waals surface area (Å²) in [5, 5.41) is 3.05. The first kappa shape index (κ1) is 19.3. The first-order valence-electron chi connectivity index (χ1n) is 8.13. The fraction of sp³-hybridized carbons (Fsp3) is 0.611. The summed E-state index contributed by atoms with van der Waals surface area (Å²) in [4.78, 5) is 14.2. The van der Waals surface area contributed by atoms with E-state index in [2.05, 4.69) is 31.0 Å². The van der Waals surface area contributed by atoms with Gasteiger partial charge in [-0.25, -0.2) is 0 Å². The average Bonchev–Trinajstić information content (AvgIpc) is 2.53. The van der Waals surface area contributed by atoms with E-state index in [1.165, 1.54) is 0 Å². The Balaban J connectivity index is 2.67. The highest BCUT2D eigenvalue weighted by molar-refractivity contribution is 5.78. The van der Waals surface area contributed by atoms with E-state index in [9.17, 15) is 4.79 Å². The minimum Gasteiger partial charge on any atom is -0.493 e. The van der Waals surface area contributed by atoms with E-state index in [4.69, 9.17) is 9.47 Å². The van der Waals surface area contributed by atoms with Crippen LogP contribution in [0.1, 0.15) is 33.3 Å². The lowest BCUT2D eigenvalue weighted by molar-refractivity contribution is -0.123. The molecule has 0 spiro atoms. The van der Waals surface area contributed by atoms with Crippen molar-refractivity contribution in [1.82, 2.24) is 10.2 Å². The van der Waals surface area contributed by atoms with Crippen molar-refractivity contribution in [2.75, 3.05) is 27.3 Å². The fourth-order valence-corrected chi connectivity index (χ4v) is 2.19. The normalized spacial score (nSPS) is 12.3. The molecule has 0 aromatic heterocycles. The number of hydrogen-bond acceptors (Lipinski definition) is 4. The molecule has 0 heterocycles. The maximum Gasteiger partial charge on any atom is 0.234 e. The first-order chi connectivity index (χ1) is 10.9. The van der Waals surface area contributed by atoms with Crippen LogP contribution in [0.5, 0.6) is 11.5 Å². The molecule has 1 N–H and O–H groups in total. The summed E-state index contributed by atoms with van der Waals surface area (Å²) in [5.74, 6) is 1.91. The molecule has 0 radical (unpaired) electrons. The number of carbonyl (C=O) groups excluding carboxylic acids is 1. The van der Waals surface area contributed by atoms with Crippen LogP contribution in [0.15, 0.2) is 18.2 Å². The lowest BCUT2D eigenvalue weighted by Crippen LogP contribution is -2.42. The molecule has 1 amide bonds. The lowest BCUT2D eigenvalue weighted by Gasteiger charge is -2.23. The number of nitrogens with zero attached hydrogens (tertiary/aromatic N) is 1. The minimum absolute atomic E-state index is 0.0635. The van der Waals surface area contributed by atoms with Crippen molar-refractivity contribution in [2.24, 2.45) is 5.92 Å². The van der Waals surface area contributed by atoms with Crippen molar-refractivity contribution in [2.45, 2.75) is 40.3 Å². The molecule has 0 bridgehead atoms. The Morgan fingerprint density at radius 3 is 2.35 bits per heavy atom. The van der Waals surface area contributed by atoms with E-state index in [1.54, 1.807) is 14.2 Å². The number of carbonyl (C=O) groups is 1. The van der Waals surface area contributed by atoms with E-state index < -0.39 is 0 Å². The zero-order valence-corrected chi connectivity index (χ0v) is 15.2. The summed E-state index contributed by atoms with van der Waals surface area (Å²) >= 11 is 0. The Morgan fingerprint density at radius 1 is 1.17 bits per heavy atom. The molecule has 1 aromatic carbocycles. The molecule has 0 fully saturated rings. The van der Waals surface area contributed by atoms with Crippen LogP contribution in [-0.2, 0) is 11.3 Å². The molecular weight excluding hydrogens is 292 g/mol. The highest BCUT2D eigenvalue weighted by Gasteiger charge is 2.14. The summed E-state index contributed by atoms with van der Waals surface area (Å²) < 4.78 is 10.6. The summed E-state index contributed by atoms with van der Waals surface area (Å²) in [7, 11) is 3.25. The number of amides is 1. The van der Waals surface area contributed by atoms with Gasteiger partial charge < -0.3 is 14.8 Å². The second kappa shape index (κ2) is 9.40. The molecular formula is C18H30N2O3. The van der Waals surface area contributed by atoms with Gasteiger partial charge >= 0.3 is 0 Å². The monoisotopic (exact) mass is 322 g/mol. The zero-order valence-electron chi connectivity index (χ0n) is 15.2. The third-order valence-corrected chi connectivity index (χ3v) is 4.06. The number of benzene rings is 1. The molecule has 0 aliphatic rings. The van der Waals surface area contributed by atoms with Gasteiger partial charge in [0.25, 0.3) is 0 Å². The molecule has 1 atom stereocenters. The van der Waals surface area contributed by atoms with Gasteiger partial charge in [-0.2, -0.15) is 0 Å². The number of methoxy groups -OCH3 is 2. The molecule has 130 valence electrons. The predicted molar refractivity (Wildman–Crippen MR) is 92.9 cm³/mol. The Morgan fingerprint density at radius 2 is 1.83 bits per heavy atom. The standard InChI is InChI=1S/C18H30N2O3/c1-7-20(12-18(21)19-14(4)13(2)3)11-15-8-9-16(22-5)17(10-15)23-6/h8-10,13-14H,7,11-12H2,1-6H3,(H,19,21). The third-order valence-electron chi connectivity index (χ3n) is 4.06. The van der Waals surface area contributed by atoms with E-state index in [-0.39, 0.29) is 11.9 Å². The second-order valence-corrected chi connectivity index (χ2v) is 6.09. The molecule has 1 aromatic rings. The SMILES string of the molecule is CCN(CC(=O)NC(C)C(C)C)Cc1ccc(OC)c(OC)c1. The van der Waals surface area contributed by atoms with E-state index in [0.717, 1.165) is 12.1 Å². The molecule has 23 heavy (non-hydrogen) atoms. The van der Waals surface area contributed by atoms with E-state index in [1.807, 2.05) is 25.1 Å². The van der Waals surface area contributed by atoms with E-state index >= 15 is 0 Å². The van der Waals surface area contributed by atoms with Gasteiger partial charge in [0.1, 0.15) is 0 Å². The molecule has 0 aliphatic heterocycles. The summed E-state index contributed by atoms with van der Waals surface area (Å²) in [6.45, 7) is 10.2. The largest absolute Gasteiger partial charge is 0.493 e. The van der Waals surface area contributed by atoms with Gasteiger partial charge in [0, 0.05) is 12.6 Å². The van der Waals surface area contributed by atoms with Gasteiger partial charge in [-0.3, -0.25) is 9.69 Å². The van der Waals surface area contributed by atoms with Gasteiger partial charge in [-0.15, -0.1) is 0 Å². The van der Waals surface area contributed by atoms with Crippen LogP contribution >= 0.6 is 0 Å². The maximum absolute atomic E-state index is 12.1. The van der Waals surface area contributed by atoms with Crippen molar-refractivity contribution in [3.05, 3.63) is 23.8 Å². The zero-order chi connectivity index (χ0) is 17.4. The average molecular weight is 322 g/mol. The van der Waals surface area contributed by atoms with Crippen LogP contribution in [-0.4, -0.2) is 44.2 Å². The topological polar surface area (TPSA) is 50.8 Å². The molecule has 0 saturated heterocycles. The van der Waals surface area contributed by atoms with Crippen molar-refractivity contribution < 1.29 is 14.3 Å². The minimum atomic E-state index is 0.0635. The van der Waals surface area contributed by atoms with Crippen molar-refractivity contribution in [3.63, 3.8) is 0 Å². The number of nitrogens with one attached hydrogen (secondary N) is 1. The molecule has 0 saturated carbocycles. The number of rotatable bonds is 9. The smallest absolute Gasteiger partial charge is 0.234 e. The van der Waals surface area contributed by atoms with Gasteiger partial charge in [-0.1, -0.05) is 26.8 Å². The highest BCUT2D eigenvalue weighted by atomic mass is 16.5. The predicted octanol–water partition coefficient (Wildman–Crippen LogP) is 2.69. The van der Waals surface area contributed by atoms with Crippen molar-refractivity contribution in [3.8, 4) is 11.5 Å². The Bertz CT molecular complexity index is 503. The Hall–Kier alpha value is -1.75. The molecule has 1 rings (SSSR count). The van der Waals surface area contributed by atoms with Gasteiger partial charge in [0.05, 0.1) is 20.8 Å². The molecule has 5 nitrogen and oxygen atoms in total. The number of hydrogen-bond donors (Lipinski definition) is 1. The first-order valence-corrected chi connectivity index (χ1v) is 8.13. The van der Waals surface area contributed by atoms with E-state index in [0.29, 0.717) is 30.5 Å². The van der Waals surface area contributed by atoms with Gasteiger partial charge in [-0.05, 0) is 37.1 Å². The highest BCUT2D eigenvalue weighted by Crippen LogP contribution is 2.27. The Labute approximate surface area is 140 Å². The second-order valence-electron chi connectivity index (χ2n) is 6.09. The van der Waals surface area contributed by atoms with Gasteiger partial charge in [0.15, 0.2) is 11.5 Å². The Kier molecular flexibility index (Phi) is 7.89. The quantitative estimate of drug-likeness (QED) is 0.759. The van der Waals surface area contributed by atoms with Crippen LogP contribution in [0.3, 0.4) is 0 Å². The molecule has 5 heteroatoms. The molecule has 1 unspecified atom stereocenters. The maximum atomic E-state index is 12.1. The fourth-order valence-electron chi connectivity index (χ4n) is 2.19.